The number of hydrogen-bond acceptors (Lipinski definition) is 4. The van der Waals surface area contributed by atoms with Crippen LogP contribution in [0, 0.1) is 0 Å². The molecular weight excluding hydrogens is 367 g/mol. The molecule has 0 bridgehead atoms. The summed E-state index contributed by atoms with van der Waals surface area (Å²) in [6, 6.07) is 8.00. The second-order valence-electron chi connectivity index (χ2n) is 4.69. The fourth-order valence-corrected chi connectivity index (χ4v) is 3.16. The van der Waals surface area contributed by atoms with Crippen molar-refractivity contribution in [3.8, 4) is 16.3 Å². The number of aromatic nitrogens is 1. The van der Waals surface area contributed by atoms with Gasteiger partial charge in [-0.3, -0.25) is 0 Å². The second-order valence-corrected chi connectivity index (χ2v) is 6.41. The van der Waals surface area contributed by atoms with Crippen LogP contribution in [0.4, 0.5) is 13.2 Å². The van der Waals surface area contributed by atoms with E-state index in [1.807, 2.05) is 0 Å². The molecule has 2 aromatic heterocycles. The number of thiophene rings is 1. The van der Waals surface area contributed by atoms with Gasteiger partial charge in [-0.2, -0.15) is 0 Å². The fraction of sp³-hybridized carbons (Fsp3) is 0.0667. The van der Waals surface area contributed by atoms with E-state index in [9.17, 15) is 23.1 Å². The van der Waals surface area contributed by atoms with Crippen molar-refractivity contribution in [2.24, 2.45) is 0 Å². The standard InChI is InChI=1S/C15H7ClF3NO3S/c16-13-4-3-12(24-13)11-6-9(14(21)22)8-5-7(23-15(17,18)19)1-2-10(8)20-11/h1-6H,(H,21,22). The molecule has 0 spiro atoms. The number of alkyl halides is 3. The summed E-state index contributed by atoms with van der Waals surface area (Å²) in [5.74, 6) is -1.79. The highest BCUT2D eigenvalue weighted by atomic mass is 35.5. The van der Waals surface area contributed by atoms with Gasteiger partial charge in [0.1, 0.15) is 5.75 Å². The number of carboxylic acids is 1. The number of pyridine rings is 1. The van der Waals surface area contributed by atoms with Gasteiger partial charge >= 0.3 is 12.3 Å². The van der Waals surface area contributed by atoms with Gasteiger partial charge in [-0.05, 0) is 36.4 Å². The summed E-state index contributed by atoms with van der Waals surface area (Å²) in [7, 11) is 0. The smallest absolute Gasteiger partial charge is 0.478 e. The summed E-state index contributed by atoms with van der Waals surface area (Å²) in [4.78, 5) is 16.4. The van der Waals surface area contributed by atoms with Crippen molar-refractivity contribution < 1.29 is 27.8 Å². The Labute approximate surface area is 142 Å². The molecule has 3 rings (SSSR count). The Bertz CT molecular complexity index is 939. The SMILES string of the molecule is O=C(O)c1cc(-c2ccc(Cl)s2)nc2ccc(OC(F)(F)F)cc12. The number of carbonyl (C=O) groups is 1. The van der Waals surface area contributed by atoms with Gasteiger partial charge in [0, 0.05) is 5.39 Å². The molecule has 3 aromatic rings. The predicted octanol–water partition coefficient (Wildman–Crippen LogP) is 5.21. The topological polar surface area (TPSA) is 59.4 Å². The number of benzene rings is 1. The van der Waals surface area contributed by atoms with E-state index in [0.29, 0.717) is 14.9 Å². The highest BCUT2D eigenvalue weighted by molar-refractivity contribution is 7.19. The molecule has 0 aliphatic carbocycles. The Morgan fingerprint density at radius 2 is 1.96 bits per heavy atom. The molecule has 0 unspecified atom stereocenters. The summed E-state index contributed by atoms with van der Waals surface area (Å²) in [5.41, 5.74) is 0.442. The zero-order valence-electron chi connectivity index (χ0n) is 11.6. The van der Waals surface area contributed by atoms with Crippen LogP contribution in [0.15, 0.2) is 36.4 Å². The van der Waals surface area contributed by atoms with Crippen molar-refractivity contribution in [1.29, 1.82) is 0 Å². The normalized spacial score (nSPS) is 11.7. The molecule has 0 atom stereocenters. The fourth-order valence-electron chi connectivity index (χ4n) is 2.16. The van der Waals surface area contributed by atoms with E-state index < -0.39 is 18.1 Å². The van der Waals surface area contributed by atoms with Crippen molar-refractivity contribution in [3.63, 3.8) is 0 Å². The lowest BCUT2D eigenvalue weighted by Crippen LogP contribution is -2.17. The average Bonchev–Trinajstić information content (AvgIpc) is 2.91. The van der Waals surface area contributed by atoms with Gasteiger partial charge in [0.15, 0.2) is 0 Å². The molecule has 124 valence electrons. The molecule has 0 aliphatic heterocycles. The number of halogens is 4. The Morgan fingerprint density at radius 1 is 1.21 bits per heavy atom. The number of carboxylic acid groups (broad SMARTS) is 1. The third-order valence-corrected chi connectivity index (χ3v) is 4.32. The molecule has 2 heterocycles. The summed E-state index contributed by atoms with van der Waals surface area (Å²) in [6.45, 7) is 0. The zero-order chi connectivity index (χ0) is 17.5. The van der Waals surface area contributed by atoms with Crippen molar-refractivity contribution in [2.75, 3.05) is 0 Å². The lowest BCUT2D eigenvalue weighted by Gasteiger charge is -2.11. The molecule has 0 saturated carbocycles. The molecule has 1 aromatic carbocycles. The Kier molecular flexibility index (Phi) is 4.10. The van der Waals surface area contributed by atoms with E-state index >= 15 is 0 Å². The summed E-state index contributed by atoms with van der Waals surface area (Å²) in [6.07, 6.45) is -4.86. The molecule has 9 heteroatoms. The molecule has 0 aliphatic rings. The van der Waals surface area contributed by atoms with Crippen molar-refractivity contribution in [1.82, 2.24) is 4.98 Å². The number of hydrogen-bond donors (Lipinski definition) is 1. The highest BCUT2D eigenvalue weighted by Crippen LogP contribution is 2.34. The van der Waals surface area contributed by atoms with Gasteiger partial charge in [-0.15, -0.1) is 24.5 Å². The van der Waals surface area contributed by atoms with E-state index in [1.54, 1.807) is 12.1 Å². The average molecular weight is 374 g/mol. The first-order valence-electron chi connectivity index (χ1n) is 6.42. The summed E-state index contributed by atoms with van der Waals surface area (Å²) >= 11 is 7.08. The highest BCUT2D eigenvalue weighted by Gasteiger charge is 2.31. The van der Waals surface area contributed by atoms with Crippen molar-refractivity contribution >= 4 is 39.8 Å². The second kappa shape index (κ2) is 5.95. The van der Waals surface area contributed by atoms with Crippen LogP contribution in [0.25, 0.3) is 21.5 Å². The minimum Gasteiger partial charge on any atom is -0.478 e. The van der Waals surface area contributed by atoms with Crippen LogP contribution in [0.3, 0.4) is 0 Å². The molecule has 0 fully saturated rings. The molecular formula is C15H7ClF3NO3S. The van der Waals surface area contributed by atoms with Gasteiger partial charge in [0.05, 0.1) is 26.0 Å². The zero-order valence-corrected chi connectivity index (χ0v) is 13.2. The maximum atomic E-state index is 12.3. The van der Waals surface area contributed by atoms with E-state index in [0.717, 1.165) is 12.1 Å². The lowest BCUT2D eigenvalue weighted by molar-refractivity contribution is -0.274. The molecule has 24 heavy (non-hydrogen) atoms. The Morgan fingerprint density at radius 3 is 2.54 bits per heavy atom. The number of ether oxygens (including phenoxy) is 1. The first-order chi connectivity index (χ1) is 11.2. The van der Waals surface area contributed by atoms with Crippen LogP contribution in [-0.2, 0) is 0 Å². The first-order valence-corrected chi connectivity index (χ1v) is 7.62. The van der Waals surface area contributed by atoms with Crippen LogP contribution in [-0.4, -0.2) is 22.4 Å². The van der Waals surface area contributed by atoms with E-state index in [2.05, 4.69) is 9.72 Å². The van der Waals surface area contributed by atoms with Crippen LogP contribution < -0.4 is 4.74 Å². The van der Waals surface area contributed by atoms with Crippen LogP contribution in [0.1, 0.15) is 10.4 Å². The van der Waals surface area contributed by atoms with Crippen molar-refractivity contribution in [2.45, 2.75) is 6.36 Å². The van der Waals surface area contributed by atoms with E-state index in [1.165, 1.54) is 23.5 Å². The predicted molar refractivity (Wildman–Crippen MR) is 83.7 cm³/mol. The third kappa shape index (κ3) is 3.44. The van der Waals surface area contributed by atoms with Gasteiger partial charge < -0.3 is 9.84 Å². The van der Waals surface area contributed by atoms with E-state index in [4.69, 9.17) is 11.6 Å². The quantitative estimate of drug-likeness (QED) is 0.684. The number of aromatic carboxylic acids is 1. The van der Waals surface area contributed by atoms with Crippen LogP contribution in [0.5, 0.6) is 5.75 Å². The summed E-state index contributed by atoms with van der Waals surface area (Å²) < 4.78 is 41.3. The van der Waals surface area contributed by atoms with Gasteiger partial charge in [-0.1, -0.05) is 11.6 Å². The first kappa shape index (κ1) is 16.5. The number of fused-ring (bicyclic) bond motifs is 1. The van der Waals surface area contributed by atoms with Gasteiger partial charge in [0.2, 0.25) is 0 Å². The van der Waals surface area contributed by atoms with Crippen LogP contribution in [0.2, 0.25) is 4.34 Å². The largest absolute Gasteiger partial charge is 0.573 e. The van der Waals surface area contributed by atoms with Gasteiger partial charge in [0.25, 0.3) is 0 Å². The summed E-state index contributed by atoms with van der Waals surface area (Å²) in [5, 5.41) is 9.42. The molecule has 0 amide bonds. The third-order valence-electron chi connectivity index (χ3n) is 3.07. The minimum atomic E-state index is -4.86. The Balaban J connectivity index is 2.17. The minimum absolute atomic E-state index is 0.0515. The van der Waals surface area contributed by atoms with E-state index in [-0.39, 0.29) is 16.5 Å². The maximum absolute atomic E-state index is 12.3. The monoisotopic (exact) mass is 373 g/mol. The van der Waals surface area contributed by atoms with Crippen molar-refractivity contribution in [3.05, 3.63) is 46.3 Å². The maximum Gasteiger partial charge on any atom is 0.573 e. The van der Waals surface area contributed by atoms with Gasteiger partial charge in [-0.25, -0.2) is 9.78 Å². The van der Waals surface area contributed by atoms with Crippen LogP contribution >= 0.6 is 22.9 Å². The molecule has 0 saturated heterocycles. The molecule has 0 radical (unpaired) electrons. The number of rotatable bonds is 3. The lowest BCUT2D eigenvalue weighted by atomic mass is 10.1. The Hall–Kier alpha value is -2.32. The molecule has 1 N–H and O–H groups in total. The molecule has 4 nitrogen and oxygen atoms in total. The number of nitrogens with zero attached hydrogens (tertiary/aromatic N) is 1.